The summed E-state index contributed by atoms with van der Waals surface area (Å²) in [5.74, 6) is -0.470. The van der Waals surface area contributed by atoms with E-state index in [9.17, 15) is 27.9 Å². The molecule has 2 aromatic carbocycles. The minimum absolute atomic E-state index is 0.0180. The molecule has 0 heterocycles. The first-order valence-electron chi connectivity index (χ1n) is 13.2. The standard InChI is InChI=1S/C29H39F3N2O5/c1-5-38-26(27(35)36)19-23-9-11-24(12-10-23)39-16-15-34(14-8-6-7-13-29(30,31)32)28(37)33-25-18-21(3)20(2)17-22(25)4/h9-12,17-18,26H,5-8,13-16,19H2,1-4H3,(H,33,37)(H,35,36). The fraction of sp³-hybridized carbons (Fsp3) is 0.517. The quantitative estimate of drug-likeness (QED) is 0.241. The van der Waals surface area contributed by atoms with Crippen molar-refractivity contribution in [2.75, 3.05) is 31.6 Å². The number of halogens is 3. The average molecular weight is 553 g/mol. The Morgan fingerprint density at radius 1 is 0.974 bits per heavy atom. The molecular weight excluding hydrogens is 513 g/mol. The van der Waals surface area contributed by atoms with Crippen LogP contribution in [0, 0.1) is 20.8 Å². The lowest BCUT2D eigenvalue weighted by atomic mass is 10.1. The number of rotatable bonds is 15. The van der Waals surface area contributed by atoms with Crippen LogP contribution in [-0.4, -0.2) is 60.6 Å². The number of carbonyl (C=O) groups is 2. The Balaban J connectivity index is 1.98. The Morgan fingerprint density at radius 2 is 1.64 bits per heavy atom. The third kappa shape index (κ3) is 11.6. The maximum absolute atomic E-state index is 13.1. The smallest absolute Gasteiger partial charge is 0.389 e. The summed E-state index contributed by atoms with van der Waals surface area (Å²) in [4.78, 5) is 26.0. The van der Waals surface area contributed by atoms with Crippen LogP contribution in [0.2, 0.25) is 0 Å². The molecule has 0 aromatic heterocycles. The number of hydrogen-bond donors (Lipinski definition) is 2. The van der Waals surface area contributed by atoms with Crippen molar-refractivity contribution in [3.63, 3.8) is 0 Å². The molecule has 2 rings (SSSR count). The predicted octanol–water partition coefficient (Wildman–Crippen LogP) is 6.68. The highest BCUT2D eigenvalue weighted by molar-refractivity contribution is 5.90. The second kappa shape index (κ2) is 15.4. The van der Waals surface area contributed by atoms with E-state index in [0.29, 0.717) is 37.4 Å². The summed E-state index contributed by atoms with van der Waals surface area (Å²) in [6.07, 6.45) is -4.90. The number of carboxylic acid groups (broad SMARTS) is 1. The highest BCUT2D eigenvalue weighted by Crippen LogP contribution is 2.23. The lowest BCUT2D eigenvalue weighted by Crippen LogP contribution is -2.38. The van der Waals surface area contributed by atoms with Crippen LogP contribution in [0.3, 0.4) is 0 Å². The normalized spacial score (nSPS) is 12.2. The van der Waals surface area contributed by atoms with Crippen molar-refractivity contribution in [1.82, 2.24) is 4.90 Å². The molecule has 216 valence electrons. The van der Waals surface area contributed by atoms with Crippen LogP contribution >= 0.6 is 0 Å². The van der Waals surface area contributed by atoms with Gasteiger partial charge in [0.05, 0.1) is 6.54 Å². The molecule has 2 amide bonds. The third-order valence-electron chi connectivity index (χ3n) is 6.38. The summed E-state index contributed by atoms with van der Waals surface area (Å²) in [5.41, 5.74) is 4.54. The highest BCUT2D eigenvalue weighted by atomic mass is 19.4. The zero-order valence-electron chi connectivity index (χ0n) is 23.1. The predicted molar refractivity (Wildman–Crippen MR) is 144 cm³/mol. The number of urea groups is 1. The van der Waals surface area contributed by atoms with E-state index in [1.807, 2.05) is 32.9 Å². The molecule has 0 saturated heterocycles. The van der Waals surface area contributed by atoms with Gasteiger partial charge in [0.15, 0.2) is 6.10 Å². The number of nitrogens with zero attached hydrogens (tertiary/aromatic N) is 1. The van der Waals surface area contributed by atoms with Crippen molar-refractivity contribution in [2.45, 2.75) is 72.1 Å². The van der Waals surface area contributed by atoms with Gasteiger partial charge in [-0.1, -0.05) is 24.6 Å². The van der Waals surface area contributed by atoms with E-state index in [1.54, 1.807) is 36.1 Å². The lowest BCUT2D eigenvalue weighted by Gasteiger charge is -2.24. The molecule has 0 aliphatic heterocycles. The van der Waals surface area contributed by atoms with Gasteiger partial charge >= 0.3 is 18.2 Å². The molecule has 0 aliphatic carbocycles. The lowest BCUT2D eigenvalue weighted by molar-refractivity contribution is -0.150. The number of nitrogens with one attached hydrogen (secondary N) is 1. The number of carbonyl (C=O) groups excluding carboxylic acids is 1. The number of aliphatic carboxylic acids is 1. The summed E-state index contributed by atoms with van der Waals surface area (Å²) in [7, 11) is 0. The SMILES string of the molecule is CCOC(Cc1ccc(OCCN(CCCCCC(F)(F)F)C(=O)Nc2cc(C)c(C)cc2C)cc1)C(=O)O. The fourth-order valence-corrected chi connectivity index (χ4v) is 4.04. The van der Waals surface area contributed by atoms with Gasteiger partial charge in [0.1, 0.15) is 12.4 Å². The number of amides is 2. The second-order valence-corrected chi connectivity index (χ2v) is 9.57. The van der Waals surface area contributed by atoms with Crippen molar-refractivity contribution in [1.29, 1.82) is 0 Å². The number of aryl methyl sites for hydroxylation is 3. The first-order valence-corrected chi connectivity index (χ1v) is 13.2. The van der Waals surface area contributed by atoms with Crippen LogP contribution in [0.25, 0.3) is 0 Å². The van der Waals surface area contributed by atoms with Crippen LogP contribution in [0.5, 0.6) is 5.75 Å². The number of hydrogen-bond acceptors (Lipinski definition) is 4. The number of ether oxygens (including phenoxy) is 2. The molecule has 1 atom stereocenters. The zero-order chi connectivity index (χ0) is 29.0. The Labute approximate surface area is 228 Å². The van der Waals surface area contributed by atoms with E-state index in [2.05, 4.69) is 5.32 Å². The molecule has 1 unspecified atom stereocenters. The Kier molecular flexibility index (Phi) is 12.6. The van der Waals surface area contributed by atoms with Gasteiger partial charge in [0.25, 0.3) is 0 Å². The fourth-order valence-electron chi connectivity index (χ4n) is 4.04. The van der Waals surface area contributed by atoms with Crippen molar-refractivity contribution in [2.24, 2.45) is 0 Å². The van der Waals surface area contributed by atoms with E-state index >= 15 is 0 Å². The van der Waals surface area contributed by atoms with Crippen LogP contribution < -0.4 is 10.1 Å². The molecule has 7 nitrogen and oxygen atoms in total. The van der Waals surface area contributed by atoms with Crippen LogP contribution in [-0.2, 0) is 16.0 Å². The van der Waals surface area contributed by atoms with Crippen LogP contribution in [0.15, 0.2) is 36.4 Å². The summed E-state index contributed by atoms with van der Waals surface area (Å²) in [6.45, 7) is 8.61. The maximum atomic E-state index is 13.1. The van der Waals surface area contributed by atoms with Crippen molar-refractivity contribution in [3.05, 3.63) is 58.7 Å². The van der Waals surface area contributed by atoms with Crippen molar-refractivity contribution in [3.8, 4) is 5.75 Å². The zero-order valence-corrected chi connectivity index (χ0v) is 23.1. The largest absolute Gasteiger partial charge is 0.492 e. The minimum atomic E-state index is -4.18. The highest BCUT2D eigenvalue weighted by Gasteiger charge is 2.26. The molecule has 10 heteroatoms. The Hall–Kier alpha value is -3.27. The summed E-state index contributed by atoms with van der Waals surface area (Å²) in [6, 6.07) is 10.5. The minimum Gasteiger partial charge on any atom is -0.492 e. The van der Waals surface area contributed by atoms with Gasteiger partial charge in [-0.3, -0.25) is 0 Å². The molecular formula is C29H39F3N2O5. The number of benzene rings is 2. The molecule has 0 fully saturated rings. The topological polar surface area (TPSA) is 88.1 Å². The first kappa shape index (κ1) is 31.9. The number of anilines is 1. The van der Waals surface area contributed by atoms with E-state index in [1.165, 1.54) is 0 Å². The van der Waals surface area contributed by atoms with Gasteiger partial charge in [0, 0.05) is 31.7 Å². The van der Waals surface area contributed by atoms with Gasteiger partial charge in [-0.05, 0) is 81.0 Å². The summed E-state index contributed by atoms with van der Waals surface area (Å²) < 4.78 is 48.5. The van der Waals surface area contributed by atoms with Crippen molar-refractivity contribution >= 4 is 17.7 Å². The molecule has 0 spiro atoms. The molecule has 0 saturated carbocycles. The first-order chi connectivity index (χ1) is 18.4. The molecule has 2 N–H and O–H groups in total. The van der Waals surface area contributed by atoms with E-state index in [-0.39, 0.29) is 32.0 Å². The van der Waals surface area contributed by atoms with Gasteiger partial charge in [-0.25, -0.2) is 9.59 Å². The molecule has 39 heavy (non-hydrogen) atoms. The second-order valence-electron chi connectivity index (χ2n) is 9.57. The molecule has 0 radical (unpaired) electrons. The molecule has 0 bridgehead atoms. The third-order valence-corrected chi connectivity index (χ3v) is 6.38. The van der Waals surface area contributed by atoms with Gasteiger partial charge in [-0.15, -0.1) is 0 Å². The number of unbranched alkanes of at least 4 members (excludes halogenated alkanes) is 2. The van der Waals surface area contributed by atoms with E-state index in [4.69, 9.17) is 9.47 Å². The van der Waals surface area contributed by atoms with Crippen molar-refractivity contribution < 1.29 is 37.3 Å². The number of carboxylic acids is 1. The van der Waals surface area contributed by atoms with Crippen LogP contribution in [0.4, 0.5) is 23.7 Å². The maximum Gasteiger partial charge on any atom is 0.389 e. The van der Waals surface area contributed by atoms with Gasteiger partial charge < -0.3 is 24.8 Å². The van der Waals surface area contributed by atoms with Gasteiger partial charge in [-0.2, -0.15) is 13.2 Å². The monoisotopic (exact) mass is 552 g/mol. The summed E-state index contributed by atoms with van der Waals surface area (Å²) in [5, 5.41) is 12.2. The Morgan fingerprint density at radius 3 is 2.26 bits per heavy atom. The number of alkyl halides is 3. The Bertz CT molecular complexity index is 1070. The van der Waals surface area contributed by atoms with E-state index < -0.39 is 24.7 Å². The van der Waals surface area contributed by atoms with E-state index in [0.717, 1.165) is 22.3 Å². The molecule has 2 aromatic rings. The average Bonchev–Trinajstić information content (AvgIpc) is 2.85. The molecule has 0 aliphatic rings. The van der Waals surface area contributed by atoms with Gasteiger partial charge in [0.2, 0.25) is 0 Å². The summed E-state index contributed by atoms with van der Waals surface area (Å²) >= 11 is 0. The van der Waals surface area contributed by atoms with Crippen LogP contribution in [0.1, 0.15) is 54.9 Å².